The van der Waals surface area contributed by atoms with Crippen molar-refractivity contribution in [3.63, 3.8) is 0 Å². The molecule has 0 atom stereocenters. The summed E-state index contributed by atoms with van der Waals surface area (Å²) in [7, 11) is 1.57. The van der Waals surface area contributed by atoms with Gasteiger partial charge in [-0.1, -0.05) is 66.2 Å². The predicted molar refractivity (Wildman–Crippen MR) is 127 cm³/mol. The second-order valence-electron chi connectivity index (χ2n) is 8.19. The summed E-state index contributed by atoms with van der Waals surface area (Å²) in [5, 5.41) is 0.610. The predicted octanol–water partition coefficient (Wildman–Crippen LogP) is 4.69. The Bertz CT molecular complexity index is 1270. The molecule has 0 saturated heterocycles. The molecule has 5 rings (SSSR count). The maximum absolute atomic E-state index is 13.7. The Hall–Kier alpha value is -3.57. The van der Waals surface area contributed by atoms with E-state index in [2.05, 4.69) is 12.1 Å². The smallest absolute Gasteiger partial charge is 0.278 e. The van der Waals surface area contributed by atoms with Crippen LogP contribution in [0.1, 0.15) is 22.3 Å². The first-order chi connectivity index (χ1) is 16.1. The van der Waals surface area contributed by atoms with Gasteiger partial charge in [0.25, 0.3) is 11.8 Å². The van der Waals surface area contributed by atoms with Crippen LogP contribution in [0.2, 0.25) is 5.02 Å². The summed E-state index contributed by atoms with van der Waals surface area (Å²) in [4.78, 5) is 30.8. The third kappa shape index (κ3) is 3.89. The van der Waals surface area contributed by atoms with Crippen molar-refractivity contribution in [3.8, 4) is 5.75 Å². The average molecular weight is 459 g/mol. The molecule has 2 heterocycles. The third-order valence-electron chi connectivity index (χ3n) is 6.22. The lowest BCUT2D eigenvalue weighted by Gasteiger charge is -2.31. The number of para-hydroxylation sites is 1. The highest BCUT2D eigenvalue weighted by Gasteiger charge is 2.43. The number of methoxy groups -OCH3 is 1. The molecule has 0 spiro atoms. The third-order valence-corrected chi connectivity index (χ3v) is 6.47. The van der Waals surface area contributed by atoms with Crippen molar-refractivity contribution in [2.75, 3.05) is 13.7 Å². The number of benzene rings is 3. The molecule has 0 saturated carbocycles. The van der Waals surface area contributed by atoms with Gasteiger partial charge in [0.1, 0.15) is 11.4 Å². The number of hydrogen-bond acceptors (Lipinski definition) is 4. The lowest BCUT2D eigenvalue weighted by Crippen LogP contribution is -2.37. The fourth-order valence-corrected chi connectivity index (χ4v) is 4.68. The summed E-state index contributed by atoms with van der Waals surface area (Å²) in [6.45, 7) is 1.43. The molecule has 0 radical (unpaired) electrons. The van der Waals surface area contributed by atoms with Gasteiger partial charge in [-0.3, -0.25) is 14.5 Å². The minimum Gasteiger partial charge on any atom is -0.496 e. The van der Waals surface area contributed by atoms with Crippen LogP contribution in [0.3, 0.4) is 0 Å². The molecule has 2 aliphatic rings. The normalized spacial score (nSPS) is 15.8. The van der Waals surface area contributed by atoms with E-state index in [9.17, 15) is 9.59 Å². The van der Waals surface area contributed by atoms with Crippen molar-refractivity contribution in [2.45, 2.75) is 19.5 Å². The number of amides is 2. The molecule has 0 N–H and O–H groups in total. The highest BCUT2D eigenvalue weighted by Crippen LogP contribution is 2.38. The Morgan fingerprint density at radius 3 is 2.33 bits per heavy atom. The summed E-state index contributed by atoms with van der Waals surface area (Å²) in [6, 6.07) is 22.8. The second kappa shape index (κ2) is 8.75. The van der Waals surface area contributed by atoms with Crippen molar-refractivity contribution in [3.05, 3.63) is 106 Å². The molecule has 0 fully saturated rings. The van der Waals surface area contributed by atoms with Crippen molar-refractivity contribution >= 4 is 29.0 Å². The summed E-state index contributed by atoms with van der Waals surface area (Å²) in [5.41, 5.74) is 4.75. The van der Waals surface area contributed by atoms with Gasteiger partial charge >= 0.3 is 0 Å². The van der Waals surface area contributed by atoms with Gasteiger partial charge in [0.15, 0.2) is 0 Å². The van der Waals surface area contributed by atoms with Crippen LogP contribution in [-0.2, 0) is 29.1 Å². The molecule has 5 nitrogen and oxygen atoms in total. The lowest BCUT2D eigenvalue weighted by atomic mass is 9.97. The quantitative estimate of drug-likeness (QED) is 0.520. The Morgan fingerprint density at radius 2 is 1.58 bits per heavy atom. The monoisotopic (exact) mass is 458 g/mol. The maximum atomic E-state index is 13.7. The number of imide groups is 1. The first-order valence-electron chi connectivity index (χ1n) is 10.9. The van der Waals surface area contributed by atoms with Crippen LogP contribution in [0.4, 0.5) is 0 Å². The van der Waals surface area contributed by atoms with Gasteiger partial charge in [-0.2, -0.15) is 0 Å². The number of carbonyl (C=O) groups excluding carboxylic acids is 2. The minimum atomic E-state index is -0.312. The van der Waals surface area contributed by atoms with E-state index in [0.29, 0.717) is 40.7 Å². The van der Waals surface area contributed by atoms with Crippen LogP contribution in [0.25, 0.3) is 5.57 Å². The molecule has 2 aliphatic heterocycles. The van der Waals surface area contributed by atoms with Crippen LogP contribution in [-0.4, -0.2) is 35.3 Å². The summed E-state index contributed by atoms with van der Waals surface area (Å²) in [5.74, 6) is -0.0274. The number of fused-ring (bicyclic) bond motifs is 1. The van der Waals surface area contributed by atoms with E-state index >= 15 is 0 Å². The summed E-state index contributed by atoms with van der Waals surface area (Å²) >= 11 is 6.01. The molecule has 3 aromatic rings. The number of nitrogens with zero attached hydrogens (tertiary/aromatic N) is 2. The fourth-order valence-electron chi connectivity index (χ4n) is 4.55. The Labute approximate surface area is 197 Å². The molecular weight excluding hydrogens is 436 g/mol. The fraction of sp³-hybridized carbons (Fsp3) is 0.185. The largest absolute Gasteiger partial charge is 0.496 e. The van der Waals surface area contributed by atoms with Gasteiger partial charge in [0.05, 0.1) is 19.2 Å². The number of hydrogen-bond donors (Lipinski definition) is 0. The molecule has 0 aliphatic carbocycles. The maximum Gasteiger partial charge on any atom is 0.278 e. The molecule has 166 valence electrons. The van der Waals surface area contributed by atoms with Crippen molar-refractivity contribution in [1.82, 2.24) is 9.80 Å². The highest BCUT2D eigenvalue weighted by molar-refractivity contribution is 6.36. The van der Waals surface area contributed by atoms with Gasteiger partial charge in [-0.05, 0) is 41.3 Å². The molecule has 6 heteroatoms. The van der Waals surface area contributed by atoms with Gasteiger partial charge in [0.2, 0.25) is 0 Å². The molecule has 0 unspecified atom stereocenters. The van der Waals surface area contributed by atoms with Crippen LogP contribution in [0, 0.1) is 0 Å². The van der Waals surface area contributed by atoms with E-state index in [1.165, 1.54) is 16.0 Å². The van der Waals surface area contributed by atoms with Crippen molar-refractivity contribution < 1.29 is 14.3 Å². The van der Waals surface area contributed by atoms with E-state index in [1.54, 1.807) is 19.2 Å². The van der Waals surface area contributed by atoms with Gasteiger partial charge in [-0.25, -0.2) is 0 Å². The Kier molecular flexibility index (Phi) is 5.65. The van der Waals surface area contributed by atoms with Crippen LogP contribution in [0.15, 0.2) is 78.5 Å². The van der Waals surface area contributed by atoms with Crippen molar-refractivity contribution in [1.29, 1.82) is 0 Å². The van der Waals surface area contributed by atoms with E-state index < -0.39 is 0 Å². The molecule has 33 heavy (non-hydrogen) atoms. The molecule has 0 aromatic heterocycles. The summed E-state index contributed by atoms with van der Waals surface area (Å²) < 4.78 is 5.55. The molecule has 0 bridgehead atoms. The topological polar surface area (TPSA) is 49.9 Å². The number of ether oxygens (including phenoxy) is 1. The van der Waals surface area contributed by atoms with Gasteiger partial charge < -0.3 is 9.64 Å². The Balaban J connectivity index is 1.58. The first-order valence-corrected chi connectivity index (χ1v) is 11.2. The van der Waals surface area contributed by atoms with Crippen molar-refractivity contribution in [2.24, 2.45) is 0 Å². The number of carbonyl (C=O) groups is 2. The lowest BCUT2D eigenvalue weighted by molar-refractivity contribution is -0.138. The van der Waals surface area contributed by atoms with E-state index in [1.807, 2.05) is 53.4 Å². The average Bonchev–Trinajstić information content (AvgIpc) is 3.09. The zero-order valence-corrected chi connectivity index (χ0v) is 19.0. The summed E-state index contributed by atoms with van der Waals surface area (Å²) in [6.07, 6.45) is 0.817. The SMILES string of the molecule is COc1ccccc1C1=C(N2CCc3ccccc3C2)C(=O)N(Cc2ccc(Cl)cc2)C1=O. The Morgan fingerprint density at radius 1 is 0.879 bits per heavy atom. The molecule has 2 amide bonds. The minimum absolute atomic E-state index is 0.182. The zero-order valence-electron chi connectivity index (χ0n) is 18.3. The zero-order chi connectivity index (χ0) is 22.9. The van der Waals surface area contributed by atoms with E-state index in [0.717, 1.165) is 12.0 Å². The van der Waals surface area contributed by atoms with Crippen LogP contribution >= 0.6 is 11.6 Å². The second-order valence-corrected chi connectivity index (χ2v) is 8.62. The first kappa shape index (κ1) is 21.3. The standard InChI is InChI=1S/C27H23ClN2O3/c1-33-23-9-5-4-8-22(23)24-25(29-15-14-19-6-2-3-7-20(19)17-29)27(32)30(26(24)31)16-18-10-12-21(28)13-11-18/h2-13H,14-17H2,1H3. The van der Waals surface area contributed by atoms with E-state index in [4.69, 9.17) is 16.3 Å². The number of halogens is 1. The van der Waals surface area contributed by atoms with Gasteiger partial charge in [-0.15, -0.1) is 0 Å². The van der Waals surface area contributed by atoms with Crippen LogP contribution in [0.5, 0.6) is 5.75 Å². The van der Waals surface area contributed by atoms with Gasteiger partial charge in [0, 0.05) is 23.7 Å². The van der Waals surface area contributed by atoms with Crippen LogP contribution < -0.4 is 4.74 Å². The highest BCUT2D eigenvalue weighted by atomic mass is 35.5. The number of rotatable bonds is 5. The molecule has 3 aromatic carbocycles. The van der Waals surface area contributed by atoms with E-state index in [-0.39, 0.29) is 18.4 Å². The molecular formula is C27H23ClN2O3.